The topological polar surface area (TPSA) is 95.9 Å². The predicted octanol–water partition coefficient (Wildman–Crippen LogP) is 1.35. The van der Waals surface area contributed by atoms with Crippen molar-refractivity contribution in [3.63, 3.8) is 0 Å². The SMILES string of the molecule is CCOc1cc(/C=C(/NC(C)=O)C(=O)O)ccc1O. The smallest absolute Gasteiger partial charge is 0.352 e. The lowest BCUT2D eigenvalue weighted by Gasteiger charge is -2.07. The maximum absolute atomic E-state index is 11.0. The van der Waals surface area contributed by atoms with Crippen molar-refractivity contribution >= 4 is 18.0 Å². The van der Waals surface area contributed by atoms with Crippen LogP contribution in [0.25, 0.3) is 6.08 Å². The van der Waals surface area contributed by atoms with Crippen LogP contribution >= 0.6 is 0 Å². The molecule has 0 saturated heterocycles. The van der Waals surface area contributed by atoms with Crippen molar-refractivity contribution in [2.75, 3.05) is 6.61 Å². The first-order valence-electron chi connectivity index (χ1n) is 5.62. The molecule has 1 aromatic rings. The number of benzene rings is 1. The van der Waals surface area contributed by atoms with Gasteiger partial charge in [-0.2, -0.15) is 0 Å². The van der Waals surface area contributed by atoms with Gasteiger partial charge in [-0.25, -0.2) is 4.79 Å². The maximum Gasteiger partial charge on any atom is 0.352 e. The molecule has 0 heterocycles. The number of phenols is 1. The van der Waals surface area contributed by atoms with Gasteiger partial charge in [0.1, 0.15) is 5.70 Å². The normalized spacial score (nSPS) is 10.9. The largest absolute Gasteiger partial charge is 0.504 e. The number of nitrogens with one attached hydrogen (secondary N) is 1. The molecule has 0 saturated carbocycles. The second kappa shape index (κ2) is 6.44. The summed E-state index contributed by atoms with van der Waals surface area (Å²) < 4.78 is 5.19. The van der Waals surface area contributed by atoms with Gasteiger partial charge >= 0.3 is 5.97 Å². The van der Waals surface area contributed by atoms with E-state index in [1.807, 2.05) is 0 Å². The number of hydrogen-bond donors (Lipinski definition) is 3. The molecule has 0 aromatic heterocycles. The minimum Gasteiger partial charge on any atom is -0.504 e. The van der Waals surface area contributed by atoms with E-state index in [9.17, 15) is 14.7 Å². The van der Waals surface area contributed by atoms with Gasteiger partial charge in [0.05, 0.1) is 6.61 Å². The van der Waals surface area contributed by atoms with E-state index in [4.69, 9.17) is 9.84 Å². The lowest BCUT2D eigenvalue weighted by molar-refractivity contribution is -0.134. The van der Waals surface area contributed by atoms with Gasteiger partial charge in [0, 0.05) is 6.92 Å². The molecule has 0 bridgehead atoms. The van der Waals surface area contributed by atoms with Crippen LogP contribution in [0.15, 0.2) is 23.9 Å². The Bertz CT molecular complexity index is 522. The Morgan fingerprint density at radius 3 is 2.63 bits per heavy atom. The van der Waals surface area contributed by atoms with Crippen LogP contribution in [-0.2, 0) is 9.59 Å². The van der Waals surface area contributed by atoms with E-state index in [1.165, 1.54) is 31.2 Å². The number of ether oxygens (including phenoxy) is 1. The van der Waals surface area contributed by atoms with E-state index in [-0.39, 0.29) is 17.2 Å². The van der Waals surface area contributed by atoms with Crippen molar-refractivity contribution in [2.45, 2.75) is 13.8 Å². The molecule has 0 atom stereocenters. The summed E-state index contributed by atoms with van der Waals surface area (Å²) in [6, 6.07) is 4.40. The Kier molecular flexibility index (Phi) is 4.93. The van der Waals surface area contributed by atoms with Gasteiger partial charge < -0.3 is 20.3 Å². The molecule has 1 rings (SSSR count). The number of rotatable bonds is 5. The Hall–Kier alpha value is -2.50. The predicted molar refractivity (Wildman–Crippen MR) is 68.7 cm³/mol. The van der Waals surface area contributed by atoms with E-state index >= 15 is 0 Å². The van der Waals surface area contributed by atoms with Gasteiger partial charge in [-0.15, -0.1) is 0 Å². The summed E-state index contributed by atoms with van der Waals surface area (Å²) >= 11 is 0. The van der Waals surface area contributed by atoms with Crippen LogP contribution < -0.4 is 10.1 Å². The van der Waals surface area contributed by atoms with Crippen LogP contribution in [0.1, 0.15) is 19.4 Å². The number of hydrogen-bond acceptors (Lipinski definition) is 4. The third kappa shape index (κ3) is 4.34. The molecule has 0 unspecified atom stereocenters. The number of phenolic OH excluding ortho intramolecular Hbond substituents is 1. The minimum absolute atomic E-state index is 0.0320. The molecular formula is C13H15NO5. The van der Waals surface area contributed by atoms with Crippen molar-refractivity contribution in [2.24, 2.45) is 0 Å². The average Bonchev–Trinajstić information content (AvgIpc) is 2.32. The Morgan fingerprint density at radius 2 is 2.11 bits per heavy atom. The Labute approximate surface area is 110 Å². The fourth-order valence-corrected chi connectivity index (χ4v) is 1.40. The van der Waals surface area contributed by atoms with Crippen LogP contribution in [0, 0.1) is 0 Å². The maximum atomic E-state index is 11.0. The van der Waals surface area contributed by atoms with E-state index in [2.05, 4.69) is 5.32 Å². The van der Waals surface area contributed by atoms with Crippen molar-refractivity contribution in [1.29, 1.82) is 0 Å². The molecule has 102 valence electrons. The standard InChI is InChI=1S/C13H15NO5/c1-3-19-12-7-9(4-5-11(12)16)6-10(13(17)18)14-8(2)15/h4-7,16H,3H2,1-2H3,(H,14,15)(H,17,18)/b10-6+. The molecule has 19 heavy (non-hydrogen) atoms. The summed E-state index contributed by atoms with van der Waals surface area (Å²) in [4.78, 5) is 21.8. The monoisotopic (exact) mass is 265 g/mol. The molecule has 6 heteroatoms. The third-order valence-electron chi connectivity index (χ3n) is 2.14. The number of carboxylic acids is 1. The van der Waals surface area contributed by atoms with Crippen LogP contribution in [0.2, 0.25) is 0 Å². The summed E-state index contributed by atoms with van der Waals surface area (Å²) in [6.07, 6.45) is 1.28. The number of carbonyl (C=O) groups excluding carboxylic acids is 1. The molecule has 1 aromatic carbocycles. The van der Waals surface area contributed by atoms with Crippen molar-refractivity contribution in [3.05, 3.63) is 29.5 Å². The van der Waals surface area contributed by atoms with Crippen LogP contribution in [0.4, 0.5) is 0 Å². The number of aliphatic carboxylic acids is 1. The third-order valence-corrected chi connectivity index (χ3v) is 2.14. The summed E-state index contributed by atoms with van der Waals surface area (Å²) in [5.74, 6) is -1.50. The summed E-state index contributed by atoms with van der Waals surface area (Å²) in [6.45, 7) is 3.36. The number of carbonyl (C=O) groups is 2. The number of aromatic hydroxyl groups is 1. The van der Waals surface area contributed by atoms with Crippen molar-refractivity contribution in [1.82, 2.24) is 5.32 Å². The van der Waals surface area contributed by atoms with Gasteiger partial charge in [-0.3, -0.25) is 4.79 Å². The second-order valence-electron chi connectivity index (χ2n) is 3.70. The van der Waals surface area contributed by atoms with Gasteiger partial charge in [-0.1, -0.05) is 6.07 Å². The summed E-state index contributed by atoms with van der Waals surface area (Å²) in [5.41, 5.74) is 0.244. The highest BCUT2D eigenvalue weighted by atomic mass is 16.5. The number of carboxylic acid groups (broad SMARTS) is 1. The van der Waals surface area contributed by atoms with E-state index in [1.54, 1.807) is 6.92 Å². The van der Waals surface area contributed by atoms with Gasteiger partial charge in [0.25, 0.3) is 0 Å². The summed E-state index contributed by atoms with van der Waals surface area (Å²) in [5, 5.41) is 20.7. The first-order chi connectivity index (χ1) is 8.93. The number of amides is 1. The minimum atomic E-state index is -1.25. The van der Waals surface area contributed by atoms with Gasteiger partial charge in [0.2, 0.25) is 5.91 Å². The Balaban J connectivity index is 3.10. The Morgan fingerprint density at radius 1 is 1.42 bits per heavy atom. The van der Waals surface area contributed by atoms with Crippen molar-refractivity contribution < 1.29 is 24.5 Å². The zero-order valence-electron chi connectivity index (χ0n) is 10.6. The molecule has 0 radical (unpaired) electrons. The average molecular weight is 265 g/mol. The highest BCUT2D eigenvalue weighted by molar-refractivity contribution is 5.96. The van der Waals surface area contributed by atoms with E-state index < -0.39 is 11.9 Å². The zero-order chi connectivity index (χ0) is 14.4. The summed E-state index contributed by atoms with van der Waals surface area (Å²) in [7, 11) is 0. The first kappa shape index (κ1) is 14.6. The van der Waals surface area contributed by atoms with E-state index in [0.29, 0.717) is 12.2 Å². The molecule has 3 N–H and O–H groups in total. The van der Waals surface area contributed by atoms with Crippen LogP contribution in [0.3, 0.4) is 0 Å². The molecule has 0 spiro atoms. The lowest BCUT2D eigenvalue weighted by atomic mass is 10.1. The molecule has 1 amide bonds. The first-order valence-corrected chi connectivity index (χ1v) is 5.62. The van der Waals surface area contributed by atoms with Gasteiger partial charge in [0.15, 0.2) is 11.5 Å². The van der Waals surface area contributed by atoms with Crippen LogP contribution in [0.5, 0.6) is 11.5 Å². The lowest BCUT2D eigenvalue weighted by Crippen LogP contribution is -2.24. The zero-order valence-corrected chi connectivity index (χ0v) is 10.6. The molecule has 0 fully saturated rings. The highest BCUT2D eigenvalue weighted by Crippen LogP contribution is 2.27. The second-order valence-corrected chi connectivity index (χ2v) is 3.70. The molecule has 0 aliphatic rings. The highest BCUT2D eigenvalue weighted by Gasteiger charge is 2.10. The van der Waals surface area contributed by atoms with Crippen LogP contribution in [-0.4, -0.2) is 28.7 Å². The quantitative estimate of drug-likeness (QED) is 0.698. The fraction of sp³-hybridized carbons (Fsp3) is 0.231. The van der Waals surface area contributed by atoms with Crippen molar-refractivity contribution in [3.8, 4) is 11.5 Å². The molecule has 0 aliphatic heterocycles. The fourth-order valence-electron chi connectivity index (χ4n) is 1.40. The van der Waals surface area contributed by atoms with E-state index in [0.717, 1.165) is 0 Å². The van der Waals surface area contributed by atoms with Gasteiger partial charge in [-0.05, 0) is 30.7 Å². The molecule has 0 aliphatic carbocycles. The molecular weight excluding hydrogens is 250 g/mol. The molecule has 6 nitrogen and oxygen atoms in total.